The third-order valence-electron chi connectivity index (χ3n) is 10.1. The van der Waals surface area contributed by atoms with Crippen LogP contribution >= 0.6 is 0 Å². The number of hydrazone groups is 1. The molecule has 2 aromatic carbocycles. The van der Waals surface area contributed by atoms with Crippen molar-refractivity contribution in [3.8, 4) is 5.75 Å². The summed E-state index contributed by atoms with van der Waals surface area (Å²) in [5.74, 6) is 0.119. The lowest BCUT2D eigenvalue weighted by Crippen LogP contribution is -2.44. The monoisotopic (exact) mass is 679 g/mol. The molecule has 2 unspecified atom stereocenters. The van der Waals surface area contributed by atoms with E-state index >= 15 is 0 Å². The number of nitrogens with zero attached hydrogens (tertiary/aromatic N) is 5. The highest BCUT2D eigenvalue weighted by Crippen LogP contribution is 2.33. The molecular formula is C39H49N7O4. The van der Waals surface area contributed by atoms with E-state index in [9.17, 15) is 14.4 Å². The van der Waals surface area contributed by atoms with E-state index < -0.39 is 11.8 Å². The molecule has 2 heterocycles. The number of Topliss-reactive ketones (excluding diaryl/α,β-unsaturated/α-hetero) is 1. The predicted octanol–water partition coefficient (Wildman–Crippen LogP) is 5.84. The standard InChI is InChI=1S/C39H49N7O4/c1-5-50-30-21-17-27(18-22-30)34(47)23-32(35-25(2)44-46(38(35)49)29-11-7-6-8-12-29)37(48)40-24-26-15-19-28(20-16-26)41-39-42-33-14-10-9-13-31(33)36(43-39)45(3)4/h6-8,11-12,17-18,21-22,26,28,32,35H,5,9-10,13-16,19-20,23-24H2,1-4H3,(H,40,48)(H,41,42,43)/t26-,28+,32?,35?. The second kappa shape index (κ2) is 15.8. The first-order chi connectivity index (χ1) is 24.2. The lowest BCUT2D eigenvalue weighted by atomic mass is 9.82. The van der Waals surface area contributed by atoms with Gasteiger partial charge in [0.1, 0.15) is 11.6 Å². The van der Waals surface area contributed by atoms with Crippen molar-refractivity contribution in [2.24, 2.45) is 22.9 Å². The molecule has 1 fully saturated rings. The lowest BCUT2D eigenvalue weighted by Gasteiger charge is -2.31. The minimum Gasteiger partial charge on any atom is -0.494 e. The summed E-state index contributed by atoms with van der Waals surface area (Å²) in [6, 6.07) is 16.3. The Morgan fingerprint density at radius 1 is 0.980 bits per heavy atom. The Morgan fingerprint density at radius 2 is 1.70 bits per heavy atom. The van der Waals surface area contributed by atoms with E-state index in [1.165, 1.54) is 17.0 Å². The number of amides is 2. The van der Waals surface area contributed by atoms with Gasteiger partial charge in [-0.05, 0) is 108 Å². The fraction of sp³-hybridized carbons (Fsp3) is 0.487. The van der Waals surface area contributed by atoms with E-state index in [0.717, 1.165) is 56.5 Å². The average Bonchev–Trinajstić information content (AvgIpc) is 3.43. The number of fused-ring (bicyclic) bond motifs is 1. The van der Waals surface area contributed by atoms with Crippen LogP contribution in [0.25, 0.3) is 0 Å². The van der Waals surface area contributed by atoms with Crippen LogP contribution in [0, 0.1) is 17.8 Å². The summed E-state index contributed by atoms with van der Waals surface area (Å²) in [6.07, 6.45) is 8.01. The molecule has 3 aliphatic rings. The maximum Gasteiger partial charge on any atom is 0.257 e. The highest BCUT2D eigenvalue weighted by atomic mass is 16.5. The minimum atomic E-state index is -0.899. The van der Waals surface area contributed by atoms with Gasteiger partial charge in [0.15, 0.2) is 5.78 Å². The molecule has 0 spiro atoms. The Labute approximate surface area is 294 Å². The van der Waals surface area contributed by atoms with E-state index in [0.29, 0.717) is 41.8 Å². The number of nitrogens with one attached hydrogen (secondary N) is 2. The number of ketones is 1. The molecule has 1 aromatic heterocycles. The molecule has 0 bridgehead atoms. The molecule has 0 radical (unpaired) electrons. The van der Waals surface area contributed by atoms with Crippen molar-refractivity contribution in [1.82, 2.24) is 15.3 Å². The number of para-hydroxylation sites is 1. The summed E-state index contributed by atoms with van der Waals surface area (Å²) < 4.78 is 5.53. The topological polar surface area (TPSA) is 129 Å². The summed E-state index contributed by atoms with van der Waals surface area (Å²) >= 11 is 0. The van der Waals surface area contributed by atoms with Crippen LogP contribution in [-0.4, -0.2) is 66.6 Å². The van der Waals surface area contributed by atoms with Crippen molar-refractivity contribution < 1.29 is 19.1 Å². The molecule has 11 heteroatoms. The number of carbonyl (C=O) groups is 3. The van der Waals surface area contributed by atoms with Crippen LogP contribution in [0.4, 0.5) is 17.5 Å². The van der Waals surface area contributed by atoms with E-state index in [1.54, 1.807) is 43.3 Å². The summed E-state index contributed by atoms with van der Waals surface area (Å²) in [6.45, 7) is 4.67. The summed E-state index contributed by atoms with van der Waals surface area (Å²) in [5.41, 5.74) is 4.06. The van der Waals surface area contributed by atoms with E-state index in [4.69, 9.17) is 14.7 Å². The van der Waals surface area contributed by atoms with Gasteiger partial charge in [0.25, 0.3) is 5.91 Å². The fourth-order valence-corrected chi connectivity index (χ4v) is 7.46. The van der Waals surface area contributed by atoms with Crippen LogP contribution in [0.15, 0.2) is 59.7 Å². The summed E-state index contributed by atoms with van der Waals surface area (Å²) in [5, 5.41) is 12.6. The van der Waals surface area contributed by atoms with Crippen molar-refractivity contribution in [3.63, 3.8) is 0 Å². The van der Waals surface area contributed by atoms with Gasteiger partial charge in [-0.25, -0.2) is 9.99 Å². The highest BCUT2D eigenvalue weighted by Gasteiger charge is 2.44. The average molecular weight is 680 g/mol. The molecule has 2 amide bonds. The second-order valence-electron chi connectivity index (χ2n) is 13.9. The number of rotatable bonds is 13. The lowest BCUT2D eigenvalue weighted by molar-refractivity contribution is -0.131. The van der Waals surface area contributed by atoms with Crippen LogP contribution in [0.5, 0.6) is 5.75 Å². The van der Waals surface area contributed by atoms with Crippen molar-refractivity contribution in [3.05, 3.63) is 71.4 Å². The van der Waals surface area contributed by atoms with E-state index in [1.807, 2.05) is 39.2 Å². The molecule has 11 nitrogen and oxygen atoms in total. The number of benzene rings is 2. The molecular weight excluding hydrogens is 630 g/mol. The van der Waals surface area contributed by atoms with Crippen molar-refractivity contribution in [2.45, 2.75) is 77.7 Å². The quantitative estimate of drug-likeness (QED) is 0.216. The van der Waals surface area contributed by atoms with Crippen molar-refractivity contribution >= 4 is 40.8 Å². The first-order valence-electron chi connectivity index (χ1n) is 18.0. The van der Waals surface area contributed by atoms with Gasteiger partial charge < -0.3 is 20.3 Å². The highest BCUT2D eigenvalue weighted by molar-refractivity contribution is 6.17. The molecule has 264 valence electrons. The second-order valence-corrected chi connectivity index (χ2v) is 13.9. The van der Waals surface area contributed by atoms with Gasteiger partial charge in [-0.15, -0.1) is 0 Å². The summed E-state index contributed by atoms with van der Waals surface area (Å²) in [7, 11) is 4.08. The molecule has 1 saturated carbocycles. The van der Waals surface area contributed by atoms with Crippen molar-refractivity contribution in [2.75, 3.05) is 42.5 Å². The normalized spacial score (nSPS) is 20.8. The van der Waals surface area contributed by atoms with E-state index in [2.05, 4.69) is 20.6 Å². The SMILES string of the molecule is CCOc1ccc(C(=O)CC(C(=O)NC[C@H]2CC[C@@H](Nc3nc4c(c(N(C)C)n3)CCCC4)CC2)C2C(=O)N(c3ccccc3)N=C2C)cc1. The zero-order valence-corrected chi connectivity index (χ0v) is 29.7. The third-order valence-corrected chi connectivity index (χ3v) is 10.1. The molecule has 3 aromatic rings. The Hall–Kier alpha value is -4.80. The Bertz CT molecular complexity index is 1700. The smallest absolute Gasteiger partial charge is 0.257 e. The maximum absolute atomic E-state index is 14.0. The molecule has 2 N–H and O–H groups in total. The number of aromatic nitrogens is 2. The zero-order chi connectivity index (χ0) is 35.2. The Balaban J connectivity index is 1.10. The van der Waals surface area contributed by atoms with Crippen LogP contribution in [-0.2, 0) is 22.4 Å². The third kappa shape index (κ3) is 7.98. The maximum atomic E-state index is 14.0. The van der Waals surface area contributed by atoms with Crippen LogP contribution in [0.3, 0.4) is 0 Å². The first-order valence-corrected chi connectivity index (χ1v) is 18.0. The Kier molecular flexibility index (Phi) is 11.1. The Morgan fingerprint density at radius 3 is 2.40 bits per heavy atom. The molecule has 1 aliphatic heterocycles. The minimum absolute atomic E-state index is 0.113. The number of hydrogen-bond donors (Lipinski definition) is 2. The van der Waals surface area contributed by atoms with Gasteiger partial charge in [0.2, 0.25) is 11.9 Å². The largest absolute Gasteiger partial charge is 0.494 e. The van der Waals surface area contributed by atoms with Crippen molar-refractivity contribution in [1.29, 1.82) is 0 Å². The number of carbonyl (C=O) groups excluding carboxylic acids is 3. The van der Waals surface area contributed by atoms with Gasteiger partial charge in [-0.1, -0.05) is 18.2 Å². The van der Waals surface area contributed by atoms with Gasteiger partial charge in [-0.2, -0.15) is 10.1 Å². The zero-order valence-electron chi connectivity index (χ0n) is 29.7. The summed E-state index contributed by atoms with van der Waals surface area (Å²) in [4.78, 5) is 53.2. The number of ether oxygens (including phenoxy) is 1. The van der Waals surface area contributed by atoms with Crippen LogP contribution in [0.1, 0.15) is 80.4 Å². The van der Waals surface area contributed by atoms with Crippen LogP contribution in [0.2, 0.25) is 0 Å². The van der Waals surface area contributed by atoms with E-state index in [-0.39, 0.29) is 36.0 Å². The van der Waals surface area contributed by atoms with Gasteiger partial charge in [-0.3, -0.25) is 14.4 Å². The first kappa shape index (κ1) is 35.0. The molecule has 2 aliphatic carbocycles. The van der Waals surface area contributed by atoms with Crippen LogP contribution < -0.4 is 25.3 Å². The number of hydrogen-bond acceptors (Lipinski definition) is 9. The number of aryl methyl sites for hydroxylation is 1. The molecule has 6 rings (SSSR count). The molecule has 0 saturated heterocycles. The van der Waals surface area contributed by atoms with Gasteiger partial charge in [0, 0.05) is 49.9 Å². The predicted molar refractivity (Wildman–Crippen MR) is 196 cm³/mol. The van der Waals surface area contributed by atoms with Gasteiger partial charge in [0.05, 0.1) is 29.8 Å². The fourth-order valence-electron chi connectivity index (χ4n) is 7.46. The molecule has 50 heavy (non-hydrogen) atoms. The number of anilines is 3. The molecule has 2 atom stereocenters. The van der Waals surface area contributed by atoms with Gasteiger partial charge >= 0.3 is 0 Å².